The summed E-state index contributed by atoms with van der Waals surface area (Å²) in [5.41, 5.74) is 3.88. The number of hydrogen-bond donors (Lipinski definition) is 3. The zero-order valence-electron chi connectivity index (χ0n) is 23.7. The van der Waals surface area contributed by atoms with Gasteiger partial charge in [0.2, 0.25) is 5.95 Å². The fourth-order valence-corrected chi connectivity index (χ4v) is 4.68. The molecule has 0 amide bonds. The Bertz CT molecular complexity index is 1540. The molecule has 0 saturated heterocycles. The van der Waals surface area contributed by atoms with E-state index in [1.165, 1.54) is 13.4 Å². The predicted octanol–water partition coefficient (Wildman–Crippen LogP) is 6.19. The summed E-state index contributed by atoms with van der Waals surface area (Å²) >= 11 is 0. The second kappa shape index (κ2) is 13.7. The molecule has 42 heavy (non-hydrogen) atoms. The van der Waals surface area contributed by atoms with Crippen molar-refractivity contribution < 1.29 is 22.1 Å². The quantitative estimate of drug-likeness (QED) is 0.179. The molecule has 222 valence electrons. The van der Waals surface area contributed by atoms with E-state index in [-0.39, 0.29) is 18.3 Å². The number of anilines is 4. The molecule has 1 heterocycles. The van der Waals surface area contributed by atoms with Crippen molar-refractivity contribution in [3.05, 3.63) is 101 Å². The molecular weight excluding hydrogens is 565 g/mol. The maximum atomic E-state index is 13.9. The van der Waals surface area contributed by atoms with Gasteiger partial charge in [-0.25, -0.2) is 9.19 Å². The number of benzene rings is 3. The number of hydrogen-bond acceptors (Lipinski definition) is 7. The zero-order valence-corrected chi connectivity index (χ0v) is 24.6. The molecule has 0 bridgehead atoms. The van der Waals surface area contributed by atoms with Crippen LogP contribution in [0.4, 0.5) is 36.3 Å². The molecule has 12 heteroatoms. The van der Waals surface area contributed by atoms with Crippen molar-refractivity contribution in [2.75, 3.05) is 35.4 Å². The van der Waals surface area contributed by atoms with Crippen molar-refractivity contribution in [1.82, 2.24) is 15.3 Å². The smallest absolute Gasteiger partial charge is 0.421 e. The third kappa shape index (κ3) is 7.98. The van der Waals surface area contributed by atoms with Crippen LogP contribution in [0.3, 0.4) is 0 Å². The molecule has 8 nitrogen and oxygen atoms in total. The van der Waals surface area contributed by atoms with Crippen molar-refractivity contribution in [1.29, 1.82) is 0 Å². The lowest BCUT2D eigenvalue weighted by atomic mass is 10.1. The first-order valence-corrected chi connectivity index (χ1v) is 14.6. The van der Waals surface area contributed by atoms with Gasteiger partial charge in [-0.2, -0.15) is 18.2 Å². The van der Waals surface area contributed by atoms with Gasteiger partial charge in [-0.15, -0.1) is 0 Å². The first-order valence-electron chi connectivity index (χ1n) is 13.1. The Morgan fingerprint density at radius 3 is 2.40 bits per heavy atom. The van der Waals surface area contributed by atoms with Gasteiger partial charge < -0.3 is 20.7 Å². The molecule has 0 aliphatic heterocycles. The van der Waals surface area contributed by atoms with E-state index in [0.717, 1.165) is 22.9 Å². The molecule has 1 unspecified atom stereocenters. The van der Waals surface area contributed by atoms with Crippen LogP contribution in [0.25, 0.3) is 0 Å². The van der Waals surface area contributed by atoms with Gasteiger partial charge >= 0.3 is 6.18 Å². The fraction of sp³-hybridized carbons (Fsp3) is 0.267. The molecule has 1 atom stereocenters. The van der Waals surface area contributed by atoms with Gasteiger partial charge in [-0.3, -0.25) is 4.31 Å². The standard InChI is InChI=1S/C30H33F3N6O2S/c1-20-10-12-23(26(14-20)39(2)42(4)40)18-35-28-24(30(31,32)33)19-36-29(38-28)37-25-13-11-22(15-27(25)41-3)17-34-16-21-8-6-5-7-9-21/h5-15,19,34H,16-18H2,1-4H3,(H2,35,36,37,38). The minimum Gasteiger partial charge on any atom is -0.495 e. The minimum absolute atomic E-state index is 0.0185. The van der Waals surface area contributed by atoms with Crippen molar-refractivity contribution in [3.8, 4) is 5.75 Å². The maximum absolute atomic E-state index is 13.9. The van der Waals surface area contributed by atoms with E-state index in [0.29, 0.717) is 35.8 Å². The van der Waals surface area contributed by atoms with Crippen LogP contribution in [0.5, 0.6) is 5.75 Å². The van der Waals surface area contributed by atoms with Crippen LogP contribution in [0.1, 0.15) is 27.8 Å². The second-order valence-corrected chi connectivity index (χ2v) is 11.0. The van der Waals surface area contributed by atoms with Crippen molar-refractivity contribution in [3.63, 3.8) is 0 Å². The van der Waals surface area contributed by atoms with Crippen LogP contribution >= 0.6 is 0 Å². The molecule has 0 saturated carbocycles. The average Bonchev–Trinajstić information content (AvgIpc) is 2.96. The highest BCUT2D eigenvalue weighted by Crippen LogP contribution is 2.35. The van der Waals surface area contributed by atoms with Gasteiger partial charge in [0.1, 0.15) is 28.1 Å². The van der Waals surface area contributed by atoms with E-state index in [4.69, 9.17) is 4.74 Å². The van der Waals surface area contributed by atoms with Crippen LogP contribution in [0.15, 0.2) is 72.9 Å². The highest BCUT2D eigenvalue weighted by atomic mass is 32.2. The lowest BCUT2D eigenvalue weighted by Crippen LogP contribution is -2.21. The summed E-state index contributed by atoms with van der Waals surface area (Å²) in [5.74, 6) is 0.0779. The third-order valence-corrected chi connectivity index (χ3v) is 7.49. The van der Waals surface area contributed by atoms with Crippen molar-refractivity contribution >= 4 is 34.1 Å². The minimum atomic E-state index is -4.68. The number of alkyl halides is 3. The average molecular weight is 599 g/mol. The maximum Gasteiger partial charge on any atom is 0.421 e. The first-order chi connectivity index (χ1) is 20.0. The molecule has 1 aromatic heterocycles. The summed E-state index contributed by atoms with van der Waals surface area (Å²) in [6.45, 7) is 3.21. The van der Waals surface area contributed by atoms with Crippen LogP contribution in [-0.4, -0.2) is 34.6 Å². The molecule has 4 aromatic rings. The molecule has 3 N–H and O–H groups in total. The second-order valence-electron chi connectivity index (χ2n) is 9.61. The topological polar surface area (TPSA) is 91.4 Å². The van der Waals surface area contributed by atoms with E-state index in [1.807, 2.05) is 61.5 Å². The summed E-state index contributed by atoms with van der Waals surface area (Å²) in [6.07, 6.45) is -2.40. The van der Waals surface area contributed by atoms with Gasteiger partial charge in [-0.1, -0.05) is 48.5 Å². The summed E-state index contributed by atoms with van der Waals surface area (Å²) in [6, 6.07) is 21.0. The Kier molecular flexibility index (Phi) is 10.0. The highest BCUT2D eigenvalue weighted by molar-refractivity contribution is 7.85. The van der Waals surface area contributed by atoms with Crippen molar-refractivity contribution in [2.24, 2.45) is 0 Å². The highest BCUT2D eigenvalue weighted by Gasteiger charge is 2.35. The third-order valence-electron chi connectivity index (χ3n) is 6.52. The lowest BCUT2D eigenvalue weighted by molar-refractivity contribution is -0.137. The summed E-state index contributed by atoms with van der Waals surface area (Å²) in [7, 11) is 1.87. The number of nitrogens with one attached hydrogen (secondary N) is 3. The normalized spacial score (nSPS) is 12.1. The summed E-state index contributed by atoms with van der Waals surface area (Å²) < 4.78 is 60.8. The van der Waals surface area contributed by atoms with E-state index in [1.54, 1.807) is 23.5 Å². The van der Waals surface area contributed by atoms with Gasteiger partial charge in [0.15, 0.2) is 0 Å². The van der Waals surface area contributed by atoms with Gasteiger partial charge in [0, 0.05) is 39.1 Å². The molecule has 3 aromatic carbocycles. The Balaban J connectivity index is 1.53. The number of methoxy groups -OCH3 is 1. The van der Waals surface area contributed by atoms with Gasteiger partial charge in [-0.05, 0) is 47.4 Å². The number of aromatic nitrogens is 2. The largest absolute Gasteiger partial charge is 0.495 e. The molecule has 0 radical (unpaired) electrons. The number of rotatable bonds is 12. The Morgan fingerprint density at radius 2 is 1.71 bits per heavy atom. The van der Waals surface area contributed by atoms with E-state index in [2.05, 4.69) is 25.9 Å². The monoisotopic (exact) mass is 598 g/mol. The van der Waals surface area contributed by atoms with Gasteiger partial charge in [0.05, 0.1) is 18.5 Å². The van der Waals surface area contributed by atoms with E-state index in [9.17, 15) is 17.4 Å². The lowest BCUT2D eigenvalue weighted by Gasteiger charge is -2.21. The summed E-state index contributed by atoms with van der Waals surface area (Å²) in [4.78, 5) is 8.08. The van der Waals surface area contributed by atoms with Crippen LogP contribution < -0.4 is 25.0 Å². The first kappa shape index (κ1) is 30.8. The van der Waals surface area contributed by atoms with E-state index >= 15 is 0 Å². The van der Waals surface area contributed by atoms with Crippen LogP contribution in [0, 0.1) is 6.92 Å². The van der Waals surface area contributed by atoms with Gasteiger partial charge in [0.25, 0.3) is 0 Å². The number of halogens is 3. The van der Waals surface area contributed by atoms with E-state index < -0.39 is 22.7 Å². The molecule has 0 aliphatic rings. The van der Waals surface area contributed by atoms with Crippen molar-refractivity contribution in [2.45, 2.75) is 32.7 Å². The number of ether oxygens (including phenoxy) is 1. The predicted molar refractivity (Wildman–Crippen MR) is 161 cm³/mol. The SMILES string of the molecule is COc1cc(CNCc2ccccc2)ccc1Nc1ncc(C(F)(F)F)c(NCc2ccc(C)cc2N(C)S(C)=O)n1. The fourth-order valence-electron chi connectivity index (χ4n) is 4.23. The molecule has 0 aliphatic carbocycles. The van der Waals surface area contributed by atoms with Crippen LogP contribution in [0.2, 0.25) is 0 Å². The molecule has 0 spiro atoms. The Morgan fingerprint density at radius 1 is 0.976 bits per heavy atom. The molecule has 4 rings (SSSR count). The van der Waals surface area contributed by atoms with Crippen LogP contribution in [-0.2, 0) is 36.8 Å². The molecular formula is C30H33F3N6O2S. The number of nitrogens with zero attached hydrogens (tertiary/aromatic N) is 3. The Hall–Kier alpha value is -4.16. The Labute approximate surface area is 245 Å². The zero-order chi connectivity index (χ0) is 30.3. The number of aryl methyl sites for hydroxylation is 1. The molecule has 0 fully saturated rings. The summed E-state index contributed by atoms with van der Waals surface area (Å²) in [5, 5.41) is 9.17.